The van der Waals surface area contributed by atoms with Gasteiger partial charge in [-0.1, -0.05) is 228 Å². The molecule has 0 bridgehead atoms. The van der Waals surface area contributed by atoms with Gasteiger partial charge < -0.3 is 20.4 Å². The molecule has 0 atom stereocenters. The Hall–Kier alpha value is -0.440. The first-order valence-electron chi connectivity index (χ1n) is 25.6. The minimum atomic E-state index is 0.171. The summed E-state index contributed by atoms with van der Waals surface area (Å²) < 4.78 is 0. The molecule has 8 heteroatoms. The smallest absolute Gasteiger partial charge is 0.220 e. The number of nitrogens with one attached hydrogen (secondary N) is 2. The summed E-state index contributed by atoms with van der Waals surface area (Å²) in [5.74, 6) is 2.14. The zero-order valence-electron chi connectivity index (χ0n) is 39.6. The molecule has 0 radical (unpaired) electrons. The fraction of sp³-hybridized carbons (Fsp3) is 0.960. The van der Waals surface area contributed by atoms with E-state index in [0.717, 1.165) is 50.5 Å². The van der Waals surface area contributed by atoms with E-state index in [2.05, 4.69) is 48.4 Å². The predicted molar refractivity (Wildman–Crippen MR) is 263 cm³/mol. The summed E-state index contributed by atoms with van der Waals surface area (Å²) in [5, 5.41) is 6.15. The van der Waals surface area contributed by atoms with Crippen molar-refractivity contribution in [2.75, 3.05) is 64.9 Å². The van der Waals surface area contributed by atoms with Crippen LogP contribution in [-0.2, 0) is 9.59 Å². The van der Waals surface area contributed by atoms with Gasteiger partial charge in [0.1, 0.15) is 0 Å². The minimum Gasteiger partial charge on any atom is -0.355 e. The molecule has 0 aliphatic heterocycles. The van der Waals surface area contributed by atoms with Gasteiger partial charge in [-0.05, 0) is 66.0 Å². The van der Waals surface area contributed by atoms with Crippen molar-refractivity contribution in [3.63, 3.8) is 0 Å². The van der Waals surface area contributed by atoms with Crippen LogP contribution in [0.3, 0.4) is 0 Å². The Labute approximate surface area is 371 Å². The maximum atomic E-state index is 12.3. The van der Waals surface area contributed by atoms with Crippen molar-refractivity contribution < 1.29 is 9.59 Å². The average molecular weight is 856 g/mol. The standard InChI is InChI=1S/C50H102N4O2S2/c1-5-7-9-11-13-15-17-19-21-23-25-27-29-31-33-35-43-53(3)45-37-39-49(55)51-41-47-57-58-48-42-52-50(56)40-38-46-54(4)44-36-34-32-30-28-26-24-22-20-18-16-14-12-10-8-6-2/h5-48H2,1-4H3,(H,51,55)(H,52,56). The molecule has 0 heterocycles. The van der Waals surface area contributed by atoms with E-state index in [0.29, 0.717) is 25.9 Å². The van der Waals surface area contributed by atoms with E-state index in [9.17, 15) is 9.59 Å². The van der Waals surface area contributed by atoms with Crippen LogP contribution in [0, 0.1) is 0 Å². The summed E-state index contributed by atoms with van der Waals surface area (Å²) in [4.78, 5) is 29.3. The molecule has 6 nitrogen and oxygen atoms in total. The van der Waals surface area contributed by atoms with Crippen molar-refractivity contribution >= 4 is 33.4 Å². The first-order valence-corrected chi connectivity index (χ1v) is 28.1. The predicted octanol–water partition coefficient (Wildman–Crippen LogP) is 14.5. The molecule has 2 N–H and O–H groups in total. The van der Waals surface area contributed by atoms with Crippen LogP contribution in [0.15, 0.2) is 0 Å². The maximum absolute atomic E-state index is 12.3. The largest absolute Gasteiger partial charge is 0.355 e. The fourth-order valence-electron chi connectivity index (χ4n) is 7.86. The Kier molecular flexibility index (Phi) is 48.8. The molecule has 0 saturated carbocycles. The monoisotopic (exact) mass is 855 g/mol. The van der Waals surface area contributed by atoms with Crippen LogP contribution in [0.25, 0.3) is 0 Å². The minimum absolute atomic E-state index is 0.171. The third-order valence-electron chi connectivity index (χ3n) is 11.8. The number of hydrogen-bond donors (Lipinski definition) is 2. The van der Waals surface area contributed by atoms with Gasteiger partial charge in [-0.2, -0.15) is 0 Å². The van der Waals surface area contributed by atoms with E-state index < -0.39 is 0 Å². The average Bonchev–Trinajstić information content (AvgIpc) is 3.21. The number of hydrogen-bond acceptors (Lipinski definition) is 6. The molecule has 2 amide bonds. The van der Waals surface area contributed by atoms with Crippen LogP contribution in [0.1, 0.15) is 245 Å². The van der Waals surface area contributed by atoms with E-state index in [4.69, 9.17) is 0 Å². The van der Waals surface area contributed by atoms with Crippen molar-refractivity contribution in [1.82, 2.24) is 20.4 Å². The lowest BCUT2D eigenvalue weighted by atomic mass is 10.0. The van der Waals surface area contributed by atoms with Gasteiger partial charge in [-0.25, -0.2) is 0 Å². The highest BCUT2D eigenvalue weighted by molar-refractivity contribution is 8.76. The number of carbonyl (C=O) groups excluding carboxylic acids is 2. The summed E-state index contributed by atoms with van der Waals surface area (Å²) >= 11 is 0. The summed E-state index contributed by atoms with van der Waals surface area (Å²) in [7, 11) is 7.95. The van der Waals surface area contributed by atoms with Crippen LogP contribution in [-0.4, -0.2) is 86.5 Å². The summed E-state index contributed by atoms with van der Waals surface area (Å²) in [6, 6.07) is 0. The molecular formula is C50H102N4O2S2. The van der Waals surface area contributed by atoms with Gasteiger partial charge in [0.2, 0.25) is 11.8 Å². The zero-order chi connectivity index (χ0) is 42.3. The van der Waals surface area contributed by atoms with Gasteiger partial charge in [0.25, 0.3) is 0 Å². The van der Waals surface area contributed by atoms with Crippen LogP contribution >= 0.6 is 21.6 Å². The van der Waals surface area contributed by atoms with E-state index in [1.807, 2.05) is 0 Å². The third-order valence-corrected chi connectivity index (χ3v) is 14.2. The molecule has 0 aromatic carbocycles. The number of carbonyl (C=O) groups is 2. The van der Waals surface area contributed by atoms with Crippen LogP contribution < -0.4 is 10.6 Å². The van der Waals surface area contributed by atoms with Crippen LogP contribution in [0.5, 0.6) is 0 Å². The van der Waals surface area contributed by atoms with E-state index in [-0.39, 0.29) is 11.8 Å². The lowest BCUT2D eigenvalue weighted by molar-refractivity contribution is -0.121. The zero-order valence-corrected chi connectivity index (χ0v) is 41.3. The third kappa shape index (κ3) is 48.2. The second kappa shape index (κ2) is 49.2. The summed E-state index contributed by atoms with van der Waals surface area (Å²) in [5.41, 5.74) is 0. The van der Waals surface area contributed by atoms with Gasteiger partial charge in [0.05, 0.1) is 0 Å². The normalized spacial score (nSPS) is 11.6. The van der Waals surface area contributed by atoms with Crippen molar-refractivity contribution in [2.24, 2.45) is 0 Å². The molecule has 0 aliphatic rings. The molecular weight excluding hydrogens is 753 g/mol. The molecule has 0 rings (SSSR count). The molecule has 0 fully saturated rings. The van der Waals surface area contributed by atoms with E-state index >= 15 is 0 Å². The van der Waals surface area contributed by atoms with Gasteiger partial charge in [-0.15, -0.1) is 0 Å². The Morgan fingerprint density at radius 2 is 0.569 bits per heavy atom. The topological polar surface area (TPSA) is 64.7 Å². The lowest BCUT2D eigenvalue weighted by Crippen LogP contribution is -2.28. The van der Waals surface area contributed by atoms with Crippen LogP contribution in [0.4, 0.5) is 0 Å². The summed E-state index contributed by atoms with van der Waals surface area (Å²) in [6.07, 6.45) is 48.2. The maximum Gasteiger partial charge on any atom is 0.220 e. The Morgan fingerprint density at radius 3 is 0.828 bits per heavy atom. The number of rotatable bonds is 49. The fourth-order valence-corrected chi connectivity index (χ4v) is 9.67. The van der Waals surface area contributed by atoms with Crippen molar-refractivity contribution in [1.29, 1.82) is 0 Å². The molecule has 0 aliphatic carbocycles. The first-order chi connectivity index (χ1) is 28.5. The van der Waals surface area contributed by atoms with Crippen LogP contribution in [0.2, 0.25) is 0 Å². The second-order valence-corrected chi connectivity index (χ2v) is 20.5. The summed E-state index contributed by atoms with van der Waals surface area (Å²) in [6.45, 7) is 10.3. The van der Waals surface area contributed by atoms with Crippen molar-refractivity contribution in [2.45, 2.75) is 245 Å². The molecule has 0 unspecified atom stereocenters. The molecule has 346 valence electrons. The van der Waals surface area contributed by atoms with E-state index in [1.165, 1.54) is 205 Å². The molecule has 0 spiro atoms. The Morgan fingerprint density at radius 1 is 0.345 bits per heavy atom. The van der Waals surface area contributed by atoms with Gasteiger partial charge >= 0.3 is 0 Å². The lowest BCUT2D eigenvalue weighted by Gasteiger charge is -2.16. The van der Waals surface area contributed by atoms with Gasteiger partial charge in [-0.3, -0.25) is 9.59 Å². The van der Waals surface area contributed by atoms with Crippen molar-refractivity contribution in [3.05, 3.63) is 0 Å². The highest BCUT2D eigenvalue weighted by Gasteiger charge is 2.06. The molecule has 0 saturated heterocycles. The SMILES string of the molecule is CCCCCCCCCCCCCCCCCCN(C)CCCC(=O)NCCSSCCNC(=O)CCCN(C)CCCCCCCCCCCCCCCCCC. The first kappa shape index (κ1) is 57.6. The Balaban J connectivity index is 3.38. The highest BCUT2D eigenvalue weighted by atomic mass is 33.1. The number of amides is 2. The molecule has 0 aromatic rings. The van der Waals surface area contributed by atoms with Gasteiger partial charge in [0, 0.05) is 37.4 Å². The highest BCUT2D eigenvalue weighted by Crippen LogP contribution is 2.19. The molecule has 58 heavy (non-hydrogen) atoms. The number of unbranched alkanes of at least 4 members (excludes halogenated alkanes) is 30. The Bertz CT molecular complexity index is 769. The number of nitrogens with zero attached hydrogens (tertiary/aromatic N) is 2. The second-order valence-electron chi connectivity index (χ2n) is 17.8. The van der Waals surface area contributed by atoms with E-state index in [1.54, 1.807) is 21.6 Å². The molecule has 0 aromatic heterocycles. The quantitative estimate of drug-likeness (QED) is 0.0469. The van der Waals surface area contributed by atoms with Crippen molar-refractivity contribution in [3.8, 4) is 0 Å². The van der Waals surface area contributed by atoms with Gasteiger partial charge in [0.15, 0.2) is 0 Å².